The van der Waals surface area contributed by atoms with E-state index in [1.54, 1.807) is 6.92 Å². The van der Waals surface area contributed by atoms with Gasteiger partial charge in [0.15, 0.2) is 0 Å². The van der Waals surface area contributed by atoms with Crippen LogP contribution in [0.1, 0.15) is 13.3 Å². The first-order valence-electron chi connectivity index (χ1n) is 2.20. The maximum Gasteiger partial charge on any atom is 0.0257 e. The third-order valence-corrected chi connectivity index (χ3v) is 0.659. The number of nitrogens with zero attached hydrogens (tertiary/aromatic N) is 1. The van der Waals surface area contributed by atoms with Crippen molar-refractivity contribution in [3.63, 3.8) is 0 Å². The molecule has 4 nitrogen and oxygen atoms in total. The number of hydroxylamine groups is 1. The van der Waals surface area contributed by atoms with E-state index in [1.807, 2.05) is 5.48 Å². The van der Waals surface area contributed by atoms with E-state index in [9.17, 15) is 0 Å². The van der Waals surface area contributed by atoms with Crippen LogP contribution in [0.2, 0.25) is 0 Å². The van der Waals surface area contributed by atoms with Crippen molar-refractivity contribution >= 4 is 5.71 Å². The molecule has 0 aliphatic heterocycles. The van der Waals surface area contributed by atoms with Crippen molar-refractivity contribution in [2.75, 3.05) is 0 Å². The molecule has 0 saturated heterocycles. The van der Waals surface area contributed by atoms with Crippen LogP contribution < -0.4 is 5.48 Å². The largest absolute Gasteiger partial charge is 0.411 e. The number of hydrogen-bond acceptors (Lipinski definition) is 4. The Balaban J connectivity index is 0. The van der Waals surface area contributed by atoms with Crippen LogP contribution in [0.3, 0.4) is 0 Å². The fourth-order valence-corrected chi connectivity index (χ4v) is 0.234. The molecule has 0 saturated carbocycles. The van der Waals surface area contributed by atoms with Gasteiger partial charge in [-0.05, 0) is 6.92 Å². The second kappa shape index (κ2) is 8.49. The van der Waals surface area contributed by atoms with E-state index in [0.717, 1.165) is 0 Å². The monoisotopic (exact) mass is 206 g/mol. The number of hydrogen-bond donors (Lipinski definition) is 3. The summed E-state index contributed by atoms with van der Waals surface area (Å²) in [6, 6.07) is 0. The first-order chi connectivity index (χ1) is 3.81. The molecular weight excluding hydrogens is 197 g/mol. The van der Waals surface area contributed by atoms with E-state index in [2.05, 4.69) is 5.16 Å². The van der Waals surface area contributed by atoms with E-state index in [4.69, 9.17) is 10.4 Å². The van der Waals surface area contributed by atoms with Crippen LogP contribution in [0.25, 0.3) is 0 Å². The Morgan fingerprint density at radius 1 is 1.78 bits per heavy atom. The molecule has 0 aromatic carbocycles. The molecule has 0 bridgehead atoms. The Labute approximate surface area is 79.2 Å². The molecule has 9 heavy (non-hydrogen) atoms. The molecule has 0 aliphatic carbocycles. The van der Waals surface area contributed by atoms with Crippen molar-refractivity contribution in [1.29, 1.82) is 0 Å². The van der Waals surface area contributed by atoms with Gasteiger partial charge in [0.05, 0.1) is 0 Å². The van der Waals surface area contributed by atoms with Gasteiger partial charge in [-0.2, -0.15) is 0 Å². The zero-order chi connectivity index (χ0) is 6.41. The molecule has 5 heteroatoms. The van der Waals surface area contributed by atoms with E-state index >= 15 is 0 Å². The van der Waals surface area contributed by atoms with Gasteiger partial charge >= 0.3 is 0 Å². The quantitative estimate of drug-likeness (QED) is 0.270. The van der Waals surface area contributed by atoms with Crippen molar-refractivity contribution in [3.05, 3.63) is 6.54 Å². The van der Waals surface area contributed by atoms with Gasteiger partial charge in [0.2, 0.25) is 0 Å². The maximum absolute atomic E-state index is 8.02. The fraction of sp³-hybridized carbons (Fsp3) is 0.500. The Morgan fingerprint density at radius 2 is 2.33 bits per heavy atom. The molecule has 0 rings (SSSR count). The Morgan fingerprint density at radius 3 is 2.67 bits per heavy atom. The van der Waals surface area contributed by atoms with E-state index in [-0.39, 0.29) is 32.7 Å². The minimum Gasteiger partial charge on any atom is -0.411 e. The number of oxime groups is 1. The molecule has 0 atom stereocenters. The summed E-state index contributed by atoms with van der Waals surface area (Å²) in [4.78, 5) is 0. The summed E-state index contributed by atoms with van der Waals surface area (Å²) in [5.74, 6) is 0. The minimum absolute atomic E-state index is 0. The predicted octanol–water partition coefficient (Wildman–Crippen LogP) is 0.365. The van der Waals surface area contributed by atoms with Crippen LogP contribution in [-0.2, 0) is 32.7 Å². The van der Waals surface area contributed by atoms with Crippen LogP contribution in [-0.4, -0.2) is 16.1 Å². The molecule has 51 valence electrons. The van der Waals surface area contributed by atoms with Gasteiger partial charge in [-0.1, -0.05) is 0 Å². The molecule has 0 fully saturated rings. The summed E-state index contributed by atoms with van der Waals surface area (Å²) in [5, 5.41) is 18.8. The molecular formula is C4H9N2O2Y-. The Bertz CT molecular complexity index is 86.6. The van der Waals surface area contributed by atoms with Gasteiger partial charge in [-0.15, -0.1) is 11.6 Å². The molecule has 0 heterocycles. The van der Waals surface area contributed by atoms with Crippen molar-refractivity contribution in [2.24, 2.45) is 5.16 Å². The molecule has 0 unspecified atom stereocenters. The average molecular weight is 206 g/mol. The SMILES string of the molecule is C/C(C[CH-]NO)=N/O.[Y]. The zero-order valence-corrected chi connectivity index (χ0v) is 8.04. The second-order valence-electron chi connectivity index (χ2n) is 1.37. The third kappa shape index (κ3) is 8.49. The normalized spacial score (nSPS) is 10.7. The van der Waals surface area contributed by atoms with Crippen LogP contribution in [0, 0.1) is 6.54 Å². The Hall–Kier alpha value is 0.494. The molecule has 0 aliphatic rings. The van der Waals surface area contributed by atoms with Gasteiger partial charge in [0.25, 0.3) is 0 Å². The predicted molar refractivity (Wildman–Crippen MR) is 28.7 cm³/mol. The molecule has 0 amide bonds. The van der Waals surface area contributed by atoms with Gasteiger partial charge in [-0.3, -0.25) is 0 Å². The third-order valence-electron chi connectivity index (χ3n) is 0.659. The molecule has 0 aromatic rings. The first kappa shape index (κ1) is 12.2. The van der Waals surface area contributed by atoms with E-state index < -0.39 is 0 Å². The topological polar surface area (TPSA) is 64.8 Å². The zero-order valence-electron chi connectivity index (χ0n) is 5.20. The molecule has 1 radical (unpaired) electrons. The maximum atomic E-state index is 8.02. The van der Waals surface area contributed by atoms with Crippen molar-refractivity contribution in [3.8, 4) is 0 Å². The van der Waals surface area contributed by atoms with Gasteiger partial charge < -0.3 is 15.9 Å². The second-order valence-corrected chi connectivity index (χ2v) is 1.37. The minimum atomic E-state index is 0. The Kier molecular flexibility index (Phi) is 11.5. The molecule has 0 aromatic heterocycles. The van der Waals surface area contributed by atoms with Crippen LogP contribution in [0.5, 0.6) is 0 Å². The van der Waals surface area contributed by atoms with E-state index in [0.29, 0.717) is 12.1 Å². The van der Waals surface area contributed by atoms with Gasteiger partial charge in [0, 0.05) is 38.4 Å². The van der Waals surface area contributed by atoms with Gasteiger partial charge in [0.1, 0.15) is 0 Å². The smallest absolute Gasteiger partial charge is 0.0257 e. The number of rotatable bonds is 3. The number of nitrogens with one attached hydrogen (secondary N) is 1. The summed E-state index contributed by atoms with van der Waals surface area (Å²) < 4.78 is 0. The summed E-state index contributed by atoms with van der Waals surface area (Å²) >= 11 is 0. The molecule has 0 spiro atoms. The standard InChI is InChI=1S/C4H9N2O2.Y/c1-4(6-8)2-3-5-7;/h3,5,7-8H,2H2,1H3;/q-1;/b6-4-;. The summed E-state index contributed by atoms with van der Waals surface area (Å²) in [6.45, 7) is 3.02. The van der Waals surface area contributed by atoms with Crippen molar-refractivity contribution < 1.29 is 43.1 Å². The summed E-state index contributed by atoms with van der Waals surface area (Å²) in [7, 11) is 0. The van der Waals surface area contributed by atoms with Crippen LogP contribution in [0.4, 0.5) is 0 Å². The fourth-order valence-electron chi connectivity index (χ4n) is 0.234. The molecule has 3 N–H and O–H groups in total. The van der Waals surface area contributed by atoms with Gasteiger partial charge in [-0.25, -0.2) is 6.54 Å². The van der Waals surface area contributed by atoms with Crippen molar-refractivity contribution in [1.82, 2.24) is 5.48 Å². The average Bonchev–Trinajstić information content (AvgIpc) is 1.83. The summed E-state index contributed by atoms with van der Waals surface area (Å²) in [5.41, 5.74) is 2.36. The van der Waals surface area contributed by atoms with Crippen LogP contribution >= 0.6 is 0 Å². The first-order valence-corrected chi connectivity index (χ1v) is 2.20. The van der Waals surface area contributed by atoms with E-state index in [1.165, 1.54) is 6.54 Å². The summed E-state index contributed by atoms with van der Waals surface area (Å²) in [6.07, 6.45) is 0.438. The van der Waals surface area contributed by atoms with Crippen LogP contribution in [0.15, 0.2) is 5.16 Å². The van der Waals surface area contributed by atoms with Crippen molar-refractivity contribution in [2.45, 2.75) is 13.3 Å².